The number of benzene rings is 2. The largest absolute Gasteiger partial charge is 0.451 e. The number of likely N-dealkylation sites (tertiary alicyclic amines) is 1. The Morgan fingerprint density at radius 2 is 1.81 bits per heavy atom. The minimum absolute atomic E-state index is 0.183. The number of carbonyl (C=O) groups excluding carboxylic acids is 1. The van der Waals surface area contributed by atoms with E-state index < -0.39 is 0 Å². The molecule has 7 nitrogen and oxygen atoms in total. The summed E-state index contributed by atoms with van der Waals surface area (Å²) in [5.41, 5.74) is 5.25. The normalized spacial score (nSPS) is 18.8. The lowest BCUT2D eigenvalue weighted by molar-refractivity contribution is 0.0659. The van der Waals surface area contributed by atoms with Crippen molar-refractivity contribution in [2.45, 2.75) is 38.0 Å². The molecule has 36 heavy (non-hydrogen) atoms. The number of hydrogen-bond acceptors (Lipinski definition) is 6. The Bertz CT molecular complexity index is 1320. The minimum Gasteiger partial charge on any atom is -0.451 e. The Morgan fingerprint density at radius 1 is 1.00 bits per heavy atom. The van der Waals surface area contributed by atoms with E-state index in [-0.39, 0.29) is 11.7 Å². The van der Waals surface area contributed by atoms with Crippen LogP contribution in [0.3, 0.4) is 0 Å². The van der Waals surface area contributed by atoms with Crippen molar-refractivity contribution in [2.75, 3.05) is 32.7 Å². The molecule has 6 rings (SSSR count). The van der Waals surface area contributed by atoms with Gasteiger partial charge in [-0.05, 0) is 81.9 Å². The fraction of sp³-hybridized carbons (Fsp3) is 0.429. The molecule has 2 fully saturated rings. The van der Waals surface area contributed by atoms with Crippen molar-refractivity contribution in [1.82, 2.24) is 20.5 Å². The molecule has 2 aliphatic heterocycles. The maximum atomic E-state index is 13.4. The van der Waals surface area contributed by atoms with Crippen molar-refractivity contribution in [1.29, 1.82) is 0 Å². The number of fused-ring (bicyclic) bond motifs is 2. The average Bonchev–Trinajstić information content (AvgIpc) is 3.53. The molecule has 2 aromatic carbocycles. The summed E-state index contributed by atoms with van der Waals surface area (Å²) in [6, 6.07) is 14.1. The van der Waals surface area contributed by atoms with Crippen LogP contribution in [-0.2, 0) is 0 Å². The van der Waals surface area contributed by atoms with Crippen molar-refractivity contribution < 1.29 is 18.1 Å². The van der Waals surface area contributed by atoms with Gasteiger partial charge in [0.25, 0.3) is 0 Å². The molecule has 2 aliphatic rings. The summed E-state index contributed by atoms with van der Waals surface area (Å²) in [5.74, 6) is 0.924. The lowest BCUT2D eigenvalue weighted by Crippen LogP contribution is -2.47. The number of furan rings is 1. The SMILES string of the molecule is O=C(NN1CCC(CCN2CCC(c3noc4cc(F)ccc34)CC2)CC1)c1cc2ccccc2o1. The standard InChI is InChI=1S/C28H31FN4O3/c29-22-5-6-23-25(18-22)36-31-27(23)20-10-13-32(14-11-20)12-7-19-8-15-33(16-9-19)30-28(34)26-17-21-3-1-2-4-24(21)35-26/h1-6,17-20H,7-16H2,(H,30,34). The molecular weight excluding hydrogens is 459 g/mol. The molecule has 4 aromatic rings. The van der Waals surface area contributed by atoms with E-state index in [2.05, 4.69) is 15.5 Å². The number of para-hydroxylation sites is 1. The third-order valence-electron chi connectivity index (χ3n) is 7.81. The molecule has 0 bridgehead atoms. The van der Waals surface area contributed by atoms with Gasteiger partial charge < -0.3 is 13.8 Å². The minimum atomic E-state index is -0.292. The molecule has 0 saturated carbocycles. The van der Waals surface area contributed by atoms with Gasteiger partial charge in [0.05, 0.1) is 5.69 Å². The summed E-state index contributed by atoms with van der Waals surface area (Å²) < 4.78 is 24.5. The lowest BCUT2D eigenvalue weighted by Gasteiger charge is -2.35. The second-order valence-corrected chi connectivity index (χ2v) is 10.1. The number of hydrazine groups is 1. The third-order valence-corrected chi connectivity index (χ3v) is 7.81. The van der Waals surface area contributed by atoms with Gasteiger partial charge in [-0.3, -0.25) is 10.2 Å². The van der Waals surface area contributed by atoms with Crippen LogP contribution < -0.4 is 5.43 Å². The maximum Gasteiger partial charge on any atom is 0.301 e. The van der Waals surface area contributed by atoms with E-state index in [4.69, 9.17) is 8.94 Å². The predicted molar refractivity (Wildman–Crippen MR) is 135 cm³/mol. The van der Waals surface area contributed by atoms with Crippen LogP contribution in [-0.4, -0.2) is 53.7 Å². The maximum absolute atomic E-state index is 13.4. The van der Waals surface area contributed by atoms with Crippen LogP contribution in [0.2, 0.25) is 0 Å². The molecule has 8 heteroatoms. The lowest BCUT2D eigenvalue weighted by atomic mass is 9.90. The Morgan fingerprint density at radius 3 is 2.61 bits per heavy atom. The molecule has 0 atom stereocenters. The molecule has 0 spiro atoms. The summed E-state index contributed by atoms with van der Waals surface area (Å²) in [5, 5.41) is 8.16. The first-order chi connectivity index (χ1) is 17.6. The number of rotatable bonds is 6. The fourth-order valence-electron chi connectivity index (χ4n) is 5.65. The monoisotopic (exact) mass is 490 g/mol. The van der Waals surface area contributed by atoms with Gasteiger partial charge in [-0.25, -0.2) is 9.40 Å². The van der Waals surface area contributed by atoms with Crippen molar-refractivity contribution in [2.24, 2.45) is 5.92 Å². The first-order valence-electron chi connectivity index (χ1n) is 12.9. The zero-order chi connectivity index (χ0) is 24.5. The number of aromatic nitrogens is 1. The summed E-state index contributed by atoms with van der Waals surface area (Å²) in [6.45, 7) is 4.92. The predicted octanol–water partition coefficient (Wildman–Crippen LogP) is 5.34. The van der Waals surface area contributed by atoms with Crippen LogP contribution >= 0.6 is 0 Å². The number of nitrogens with one attached hydrogen (secondary N) is 1. The molecule has 4 heterocycles. The molecule has 0 radical (unpaired) electrons. The molecule has 2 saturated heterocycles. The highest BCUT2D eigenvalue weighted by atomic mass is 19.1. The van der Waals surface area contributed by atoms with Gasteiger partial charge >= 0.3 is 5.91 Å². The molecule has 0 aliphatic carbocycles. The van der Waals surface area contributed by atoms with Crippen LogP contribution in [0.15, 0.2) is 57.5 Å². The van der Waals surface area contributed by atoms with Gasteiger partial charge in [-0.2, -0.15) is 0 Å². The fourth-order valence-corrected chi connectivity index (χ4v) is 5.65. The van der Waals surface area contributed by atoms with Gasteiger partial charge in [-0.1, -0.05) is 23.4 Å². The van der Waals surface area contributed by atoms with E-state index in [1.807, 2.05) is 29.3 Å². The van der Waals surface area contributed by atoms with Gasteiger partial charge in [0, 0.05) is 35.8 Å². The summed E-state index contributed by atoms with van der Waals surface area (Å²) in [4.78, 5) is 15.2. The zero-order valence-electron chi connectivity index (χ0n) is 20.3. The van der Waals surface area contributed by atoms with Gasteiger partial charge in [0.2, 0.25) is 0 Å². The van der Waals surface area contributed by atoms with E-state index in [0.29, 0.717) is 23.2 Å². The highest BCUT2D eigenvalue weighted by Crippen LogP contribution is 2.33. The smallest absolute Gasteiger partial charge is 0.301 e. The van der Waals surface area contributed by atoms with E-state index in [0.717, 1.165) is 80.5 Å². The Balaban J connectivity index is 0.932. The molecule has 2 aromatic heterocycles. The summed E-state index contributed by atoms with van der Waals surface area (Å²) in [6.07, 6.45) is 5.44. The van der Waals surface area contributed by atoms with Crippen LogP contribution in [0.1, 0.15) is 54.3 Å². The molecule has 188 valence electrons. The number of halogens is 1. The number of nitrogens with zero attached hydrogens (tertiary/aromatic N) is 3. The highest BCUT2D eigenvalue weighted by Gasteiger charge is 2.27. The van der Waals surface area contributed by atoms with Gasteiger partial charge in [0.1, 0.15) is 11.4 Å². The number of piperidine rings is 2. The molecular formula is C28H31FN4O3. The van der Waals surface area contributed by atoms with E-state index in [1.165, 1.54) is 18.6 Å². The molecule has 1 amide bonds. The van der Waals surface area contributed by atoms with Crippen molar-refractivity contribution >= 4 is 27.8 Å². The Hall–Kier alpha value is -3.23. The van der Waals surface area contributed by atoms with Crippen LogP contribution in [0.25, 0.3) is 21.9 Å². The Kier molecular flexibility index (Phi) is 6.46. The van der Waals surface area contributed by atoms with Crippen LogP contribution in [0.4, 0.5) is 4.39 Å². The Labute approximate surface area is 209 Å². The molecule has 0 unspecified atom stereocenters. The van der Waals surface area contributed by atoms with Crippen molar-refractivity contribution in [3.63, 3.8) is 0 Å². The number of amides is 1. The van der Waals surface area contributed by atoms with Gasteiger partial charge in [-0.15, -0.1) is 0 Å². The number of carbonyl (C=O) groups is 1. The van der Waals surface area contributed by atoms with Crippen molar-refractivity contribution in [3.8, 4) is 0 Å². The topological polar surface area (TPSA) is 74.8 Å². The quantitative estimate of drug-likeness (QED) is 0.393. The van der Waals surface area contributed by atoms with E-state index in [9.17, 15) is 9.18 Å². The second-order valence-electron chi connectivity index (χ2n) is 10.1. The highest BCUT2D eigenvalue weighted by molar-refractivity contribution is 5.95. The van der Waals surface area contributed by atoms with Crippen LogP contribution in [0, 0.1) is 11.7 Å². The third kappa shape index (κ3) is 4.88. The van der Waals surface area contributed by atoms with E-state index in [1.54, 1.807) is 12.1 Å². The molecule has 1 N–H and O–H groups in total. The first-order valence-corrected chi connectivity index (χ1v) is 12.9. The first kappa shape index (κ1) is 23.2. The number of hydrogen-bond donors (Lipinski definition) is 1. The second kappa shape index (κ2) is 10.0. The van der Waals surface area contributed by atoms with Crippen molar-refractivity contribution in [3.05, 3.63) is 65.8 Å². The van der Waals surface area contributed by atoms with Gasteiger partial charge in [0.15, 0.2) is 11.3 Å². The summed E-state index contributed by atoms with van der Waals surface area (Å²) >= 11 is 0. The average molecular weight is 491 g/mol. The zero-order valence-corrected chi connectivity index (χ0v) is 20.3. The summed E-state index contributed by atoms with van der Waals surface area (Å²) in [7, 11) is 0. The van der Waals surface area contributed by atoms with E-state index >= 15 is 0 Å². The van der Waals surface area contributed by atoms with Crippen LogP contribution in [0.5, 0.6) is 0 Å².